The highest BCUT2D eigenvalue weighted by atomic mass is 16.5. The van der Waals surface area contributed by atoms with E-state index in [0.717, 1.165) is 22.6 Å². The number of hydrogen-bond acceptors (Lipinski definition) is 5. The molecule has 7 nitrogen and oxygen atoms in total. The molecule has 0 spiro atoms. The summed E-state index contributed by atoms with van der Waals surface area (Å²) in [4.78, 5) is 19.4. The van der Waals surface area contributed by atoms with Crippen molar-refractivity contribution in [2.45, 2.75) is 33.0 Å². The predicted molar refractivity (Wildman–Crippen MR) is 96.5 cm³/mol. The van der Waals surface area contributed by atoms with Crippen LogP contribution in [0.5, 0.6) is 0 Å². The lowest BCUT2D eigenvalue weighted by atomic mass is 10.1. The standard InChI is InChI=1S/C19H21N5O2/c1-3-26-12-17-21-22-18-13(2)23(10-11-24(17)18)19(25)16-9-8-14-6-4-5-7-15(14)20-16/h4-9,13H,3,10-12H2,1-2H3/t13-/m0/s1. The third-order valence-corrected chi connectivity index (χ3v) is 4.78. The van der Waals surface area contributed by atoms with Crippen LogP contribution in [0.4, 0.5) is 0 Å². The van der Waals surface area contributed by atoms with Crippen LogP contribution in [-0.4, -0.2) is 43.7 Å². The molecule has 0 N–H and O–H groups in total. The van der Waals surface area contributed by atoms with Crippen LogP contribution in [0.15, 0.2) is 36.4 Å². The smallest absolute Gasteiger partial charge is 0.273 e. The third kappa shape index (κ3) is 2.84. The lowest BCUT2D eigenvalue weighted by Crippen LogP contribution is -2.41. The van der Waals surface area contributed by atoms with Gasteiger partial charge in [0.15, 0.2) is 11.6 Å². The fourth-order valence-corrected chi connectivity index (χ4v) is 3.35. The van der Waals surface area contributed by atoms with Crippen molar-refractivity contribution in [2.24, 2.45) is 0 Å². The molecule has 4 rings (SSSR count). The van der Waals surface area contributed by atoms with Gasteiger partial charge >= 0.3 is 0 Å². The number of nitrogens with zero attached hydrogens (tertiary/aromatic N) is 5. The molecule has 7 heteroatoms. The first-order valence-corrected chi connectivity index (χ1v) is 8.85. The molecule has 26 heavy (non-hydrogen) atoms. The molecule has 3 aromatic rings. The minimum absolute atomic E-state index is 0.0798. The molecule has 0 saturated carbocycles. The Kier molecular flexibility index (Phi) is 4.38. The monoisotopic (exact) mass is 351 g/mol. The van der Waals surface area contributed by atoms with E-state index in [1.807, 2.05) is 49.1 Å². The maximum absolute atomic E-state index is 13.0. The second-order valence-corrected chi connectivity index (χ2v) is 6.33. The first kappa shape index (κ1) is 16.7. The largest absolute Gasteiger partial charge is 0.374 e. The number of fused-ring (bicyclic) bond motifs is 2. The van der Waals surface area contributed by atoms with Crippen molar-refractivity contribution in [3.63, 3.8) is 0 Å². The lowest BCUT2D eigenvalue weighted by molar-refractivity contribution is 0.0624. The highest BCUT2D eigenvalue weighted by Crippen LogP contribution is 2.26. The summed E-state index contributed by atoms with van der Waals surface area (Å²) in [5, 5.41) is 9.54. The van der Waals surface area contributed by atoms with Crippen LogP contribution in [0.3, 0.4) is 0 Å². The van der Waals surface area contributed by atoms with Gasteiger partial charge in [-0.15, -0.1) is 10.2 Å². The van der Waals surface area contributed by atoms with Gasteiger partial charge in [0.25, 0.3) is 5.91 Å². The molecular weight excluding hydrogens is 330 g/mol. The SMILES string of the molecule is CCOCc1nnc2n1CCN(C(=O)c1ccc3ccccc3n1)[C@H]2C. The van der Waals surface area contributed by atoms with Crippen LogP contribution >= 0.6 is 0 Å². The molecule has 0 bridgehead atoms. The number of rotatable bonds is 4. The summed E-state index contributed by atoms with van der Waals surface area (Å²) in [7, 11) is 0. The van der Waals surface area contributed by atoms with E-state index in [2.05, 4.69) is 19.7 Å². The highest BCUT2D eigenvalue weighted by molar-refractivity contribution is 5.95. The number of hydrogen-bond donors (Lipinski definition) is 0. The first-order valence-electron chi connectivity index (χ1n) is 8.85. The van der Waals surface area contributed by atoms with Crippen molar-refractivity contribution in [3.8, 4) is 0 Å². The Morgan fingerprint density at radius 2 is 2.04 bits per heavy atom. The van der Waals surface area contributed by atoms with Crippen molar-refractivity contribution in [1.82, 2.24) is 24.6 Å². The molecule has 2 aromatic heterocycles. The molecule has 0 fully saturated rings. The van der Waals surface area contributed by atoms with Gasteiger partial charge in [0.05, 0.1) is 11.6 Å². The maximum Gasteiger partial charge on any atom is 0.273 e. The normalized spacial score (nSPS) is 16.7. The van der Waals surface area contributed by atoms with Gasteiger partial charge in [-0.1, -0.05) is 24.3 Å². The van der Waals surface area contributed by atoms with E-state index in [-0.39, 0.29) is 11.9 Å². The molecule has 0 unspecified atom stereocenters. The van der Waals surface area contributed by atoms with Gasteiger partial charge in [0.2, 0.25) is 0 Å². The van der Waals surface area contributed by atoms with Crippen molar-refractivity contribution in [2.75, 3.05) is 13.2 Å². The average molecular weight is 351 g/mol. The molecule has 1 atom stereocenters. The van der Waals surface area contributed by atoms with E-state index in [1.54, 1.807) is 6.07 Å². The zero-order chi connectivity index (χ0) is 18.1. The lowest BCUT2D eigenvalue weighted by Gasteiger charge is -2.33. The summed E-state index contributed by atoms with van der Waals surface area (Å²) in [6, 6.07) is 11.4. The van der Waals surface area contributed by atoms with Gasteiger partial charge in [0.1, 0.15) is 12.3 Å². The summed E-state index contributed by atoms with van der Waals surface area (Å²) in [6.45, 7) is 6.26. The van der Waals surface area contributed by atoms with Crippen molar-refractivity contribution < 1.29 is 9.53 Å². The van der Waals surface area contributed by atoms with Crippen LogP contribution in [0.2, 0.25) is 0 Å². The molecule has 134 valence electrons. The van der Waals surface area contributed by atoms with Crippen molar-refractivity contribution >= 4 is 16.8 Å². The molecule has 3 heterocycles. The Morgan fingerprint density at radius 1 is 1.19 bits per heavy atom. The molecule has 1 aromatic carbocycles. The van der Waals surface area contributed by atoms with E-state index in [4.69, 9.17) is 4.74 Å². The van der Waals surface area contributed by atoms with Crippen LogP contribution < -0.4 is 0 Å². The maximum atomic E-state index is 13.0. The number of ether oxygens (including phenoxy) is 1. The van der Waals surface area contributed by atoms with E-state index < -0.39 is 0 Å². The van der Waals surface area contributed by atoms with Gasteiger partial charge < -0.3 is 14.2 Å². The minimum Gasteiger partial charge on any atom is -0.374 e. The summed E-state index contributed by atoms with van der Waals surface area (Å²) in [5.41, 5.74) is 1.28. The Bertz CT molecular complexity index is 952. The van der Waals surface area contributed by atoms with Crippen LogP contribution in [0.25, 0.3) is 10.9 Å². The zero-order valence-electron chi connectivity index (χ0n) is 14.9. The van der Waals surface area contributed by atoms with Crippen molar-refractivity contribution in [1.29, 1.82) is 0 Å². The van der Waals surface area contributed by atoms with Gasteiger partial charge in [0, 0.05) is 25.1 Å². The number of benzene rings is 1. The van der Waals surface area contributed by atoms with Gasteiger partial charge in [-0.05, 0) is 26.0 Å². The molecule has 0 saturated heterocycles. The quantitative estimate of drug-likeness (QED) is 0.722. The Hall–Kier alpha value is -2.80. The fraction of sp³-hybridized carbons (Fsp3) is 0.368. The number of carbonyl (C=O) groups excluding carboxylic acids is 1. The van der Waals surface area contributed by atoms with Crippen molar-refractivity contribution in [3.05, 3.63) is 53.7 Å². The molecule has 1 amide bonds. The Morgan fingerprint density at radius 3 is 2.88 bits per heavy atom. The number of amides is 1. The number of carbonyl (C=O) groups is 1. The van der Waals surface area contributed by atoms with Crippen LogP contribution in [0, 0.1) is 0 Å². The topological polar surface area (TPSA) is 73.1 Å². The van der Waals surface area contributed by atoms with E-state index in [1.165, 1.54) is 0 Å². The average Bonchev–Trinajstić information content (AvgIpc) is 3.09. The van der Waals surface area contributed by atoms with E-state index in [9.17, 15) is 4.79 Å². The van der Waals surface area contributed by atoms with Gasteiger partial charge in [-0.2, -0.15) is 0 Å². The second kappa shape index (κ2) is 6.84. The second-order valence-electron chi connectivity index (χ2n) is 6.33. The number of aromatic nitrogens is 4. The summed E-state index contributed by atoms with van der Waals surface area (Å²) >= 11 is 0. The first-order chi connectivity index (χ1) is 12.7. The van der Waals surface area contributed by atoms with Crippen LogP contribution in [-0.2, 0) is 17.9 Å². The van der Waals surface area contributed by atoms with Gasteiger partial charge in [-0.3, -0.25) is 4.79 Å². The summed E-state index contributed by atoms with van der Waals surface area (Å²) in [5.74, 6) is 1.52. The summed E-state index contributed by atoms with van der Waals surface area (Å²) < 4.78 is 7.50. The third-order valence-electron chi connectivity index (χ3n) is 4.78. The van der Waals surface area contributed by atoms with E-state index in [0.29, 0.717) is 32.0 Å². The minimum atomic E-state index is -0.160. The Balaban J connectivity index is 1.59. The number of para-hydroxylation sites is 1. The highest BCUT2D eigenvalue weighted by Gasteiger charge is 2.32. The molecule has 1 aliphatic heterocycles. The summed E-state index contributed by atoms with van der Waals surface area (Å²) in [6.07, 6.45) is 0. The molecule has 0 radical (unpaired) electrons. The molecule has 1 aliphatic rings. The Labute approximate surface area is 151 Å². The zero-order valence-corrected chi connectivity index (χ0v) is 14.9. The van der Waals surface area contributed by atoms with Gasteiger partial charge in [-0.25, -0.2) is 4.98 Å². The molecular formula is C19H21N5O2. The molecule has 0 aliphatic carbocycles. The van der Waals surface area contributed by atoms with E-state index >= 15 is 0 Å². The fourth-order valence-electron chi connectivity index (χ4n) is 3.35. The van der Waals surface area contributed by atoms with Crippen LogP contribution in [0.1, 0.15) is 42.0 Å². The number of pyridine rings is 1. The predicted octanol–water partition coefficient (Wildman–Crippen LogP) is 2.58.